The van der Waals surface area contributed by atoms with E-state index < -0.39 is 17.7 Å². The molecule has 0 saturated carbocycles. The van der Waals surface area contributed by atoms with Crippen LogP contribution in [0, 0.1) is 11.6 Å². The minimum atomic E-state index is -1.19. The molecule has 0 aliphatic rings. The van der Waals surface area contributed by atoms with Gasteiger partial charge in [-0.05, 0) is 0 Å². The van der Waals surface area contributed by atoms with Gasteiger partial charge < -0.3 is 15.6 Å². The maximum Gasteiger partial charge on any atom is 0.135 e. The van der Waals surface area contributed by atoms with E-state index in [-0.39, 0.29) is 17.9 Å². The number of rotatable bonds is 3. The number of aliphatic hydroxyl groups is 1. The highest BCUT2D eigenvalue weighted by Gasteiger charge is 2.18. The molecule has 0 unspecified atom stereocenters. The van der Waals surface area contributed by atoms with E-state index in [1.165, 1.54) is 7.11 Å². The summed E-state index contributed by atoms with van der Waals surface area (Å²) in [6, 6.07) is 1.67. The topological polar surface area (TPSA) is 55.5 Å². The molecule has 0 heterocycles. The minimum absolute atomic E-state index is 0.0412. The Morgan fingerprint density at radius 3 is 2.64 bits per heavy atom. The van der Waals surface area contributed by atoms with Crippen LogP contribution in [-0.2, 0) is 0 Å². The standard InChI is InChI=1S/C9H11F2NO2/c1-14-8-3-5(10)2-6(11)9(8)7(13)4-12/h2-3,7,13H,4,12H2,1H3/t7-/m1/s1. The molecule has 0 aromatic heterocycles. The minimum Gasteiger partial charge on any atom is -0.496 e. The van der Waals surface area contributed by atoms with Crippen LogP contribution in [0.15, 0.2) is 12.1 Å². The van der Waals surface area contributed by atoms with Crippen molar-refractivity contribution >= 4 is 0 Å². The number of hydrogen-bond acceptors (Lipinski definition) is 3. The third-order valence-corrected chi connectivity index (χ3v) is 1.83. The molecule has 3 nitrogen and oxygen atoms in total. The second kappa shape index (κ2) is 4.34. The lowest BCUT2D eigenvalue weighted by Crippen LogP contribution is -2.14. The van der Waals surface area contributed by atoms with E-state index >= 15 is 0 Å². The van der Waals surface area contributed by atoms with Crippen LogP contribution in [0.3, 0.4) is 0 Å². The van der Waals surface area contributed by atoms with E-state index in [1.54, 1.807) is 0 Å². The molecule has 0 spiro atoms. The van der Waals surface area contributed by atoms with Crippen LogP contribution in [-0.4, -0.2) is 18.8 Å². The molecule has 1 aromatic rings. The van der Waals surface area contributed by atoms with Gasteiger partial charge in [-0.3, -0.25) is 0 Å². The number of methoxy groups -OCH3 is 1. The molecule has 3 N–H and O–H groups in total. The Hall–Kier alpha value is -1.20. The normalized spacial score (nSPS) is 12.6. The summed E-state index contributed by atoms with van der Waals surface area (Å²) < 4.78 is 30.7. The van der Waals surface area contributed by atoms with E-state index in [0.29, 0.717) is 6.07 Å². The van der Waals surface area contributed by atoms with Crippen LogP contribution in [0.5, 0.6) is 5.75 Å². The third-order valence-electron chi connectivity index (χ3n) is 1.83. The van der Waals surface area contributed by atoms with Crippen molar-refractivity contribution < 1.29 is 18.6 Å². The van der Waals surface area contributed by atoms with Crippen molar-refractivity contribution in [3.63, 3.8) is 0 Å². The predicted octanol–water partition coefficient (Wildman–Crippen LogP) is 0.966. The van der Waals surface area contributed by atoms with Gasteiger partial charge in [0.05, 0.1) is 18.8 Å². The number of benzene rings is 1. The lowest BCUT2D eigenvalue weighted by atomic mass is 10.1. The van der Waals surface area contributed by atoms with Gasteiger partial charge in [0.25, 0.3) is 0 Å². The Kier molecular flexibility index (Phi) is 3.38. The summed E-state index contributed by atoms with van der Waals surface area (Å²) >= 11 is 0. The molecule has 14 heavy (non-hydrogen) atoms. The zero-order valence-corrected chi connectivity index (χ0v) is 7.63. The molecule has 0 aliphatic heterocycles. The van der Waals surface area contributed by atoms with Crippen LogP contribution in [0.4, 0.5) is 8.78 Å². The van der Waals surface area contributed by atoms with Crippen molar-refractivity contribution in [3.05, 3.63) is 29.3 Å². The van der Waals surface area contributed by atoms with Gasteiger partial charge in [-0.1, -0.05) is 0 Å². The SMILES string of the molecule is COc1cc(F)cc(F)c1[C@H](O)CN. The average Bonchev–Trinajstić information content (AvgIpc) is 2.15. The average molecular weight is 203 g/mol. The van der Waals surface area contributed by atoms with Gasteiger partial charge in [0.15, 0.2) is 0 Å². The highest BCUT2D eigenvalue weighted by atomic mass is 19.1. The second-order valence-corrected chi connectivity index (χ2v) is 2.76. The highest BCUT2D eigenvalue weighted by molar-refractivity contribution is 5.37. The molecule has 0 saturated heterocycles. The van der Waals surface area contributed by atoms with E-state index in [2.05, 4.69) is 0 Å². The van der Waals surface area contributed by atoms with Gasteiger partial charge in [0.1, 0.15) is 17.4 Å². The van der Waals surface area contributed by atoms with Crippen LogP contribution < -0.4 is 10.5 Å². The lowest BCUT2D eigenvalue weighted by molar-refractivity contribution is 0.176. The molecule has 1 atom stereocenters. The summed E-state index contributed by atoms with van der Waals surface area (Å²) in [6.07, 6.45) is -1.19. The molecule has 0 aliphatic carbocycles. The Morgan fingerprint density at radius 2 is 2.14 bits per heavy atom. The van der Waals surface area contributed by atoms with Crippen molar-refractivity contribution in [2.75, 3.05) is 13.7 Å². The summed E-state index contributed by atoms with van der Waals surface area (Å²) in [5.41, 5.74) is 5.05. The molecular weight excluding hydrogens is 192 g/mol. The first-order valence-electron chi connectivity index (χ1n) is 4.01. The maximum absolute atomic E-state index is 13.2. The molecule has 0 bridgehead atoms. The monoisotopic (exact) mass is 203 g/mol. The summed E-state index contributed by atoms with van der Waals surface area (Å²) in [5, 5.41) is 9.35. The largest absolute Gasteiger partial charge is 0.496 e. The first kappa shape index (κ1) is 10.9. The summed E-state index contributed by atoms with van der Waals surface area (Å²) in [4.78, 5) is 0. The quantitative estimate of drug-likeness (QED) is 0.769. The number of nitrogens with two attached hydrogens (primary N) is 1. The number of aliphatic hydroxyl groups excluding tert-OH is 1. The molecular formula is C9H11F2NO2. The Morgan fingerprint density at radius 1 is 1.50 bits per heavy atom. The van der Waals surface area contributed by atoms with E-state index in [1.807, 2.05) is 0 Å². The van der Waals surface area contributed by atoms with E-state index in [0.717, 1.165) is 6.07 Å². The summed E-state index contributed by atoms with van der Waals surface area (Å²) in [7, 11) is 1.26. The van der Waals surface area contributed by atoms with E-state index in [4.69, 9.17) is 10.5 Å². The summed E-state index contributed by atoms with van der Waals surface area (Å²) in [6.45, 7) is -0.154. The molecule has 78 valence electrons. The van der Waals surface area contributed by atoms with Crippen LogP contribution >= 0.6 is 0 Å². The van der Waals surface area contributed by atoms with Gasteiger partial charge in [-0.25, -0.2) is 8.78 Å². The first-order valence-corrected chi connectivity index (χ1v) is 4.01. The molecule has 0 amide bonds. The van der Waals surface area contributed by atoms with Crippen molar-refractivity contribution in [1.29, 1.82) is 0 Å². The third kappa shape index (κ3) is 2.00. The van der Waals surface area contributed by atoms with Gasteiger partial charge >= 0.3 is 0 Å². The van der Waals surface area contributed by atoms with Gasteiger partial charge in [0, 0.05) is 18.7 Å². The van der Waals surface area contributed by atoms with Crippen molar-refractivity contribution in [2.24, 2.45) is 5.73 Å². The van der Waals surface area contributed by atoms with Crippen molar-refractivity contribution in [1.82, 2.24) is 0 Å². The molecule has 1 aromatic carbocycles. The molecule has 5 heteroatoms. The number of hydrogen-bond donors (Lipinski definition) is 2. The number of halogens is 2. The summed E-state index contributed by atoms with van der Waals surface area (Å²) in [5.74, 6) is -1.66. The fourth-order valence-electron chi connectivity index (χ4n) is 1.17. The van der Waals surface area contributed by atoms with Gasteiger partial charge in [-0.2, -0.15) is 0 Å². The first-order chi connectivity index (χ1) is 6.60. The maximum atomic E-state index is 13.2. The van der Waals surface area contributed by atoms with Crippen LogP contribution in [0.2, 0.25) is 0 Å². The van der Waals surface area contributed by atoms with Crippen molar-refractivity contribution in [3.8, 4) is 5.75 Å². The van der Waals surface area contributed by atoms with Crippen molar-refractivity contribution in [2.45, 2.75) is 6.10 Å². The van der Waals surface area contributed by atoms with Crippen LogP contribution in [0.25, 0.3) is 0 Å². The predicted molar refractivity (Wildman–Crippen MR) is 46.9 cm³/mol. The van der Waals surface area contributed by atoms with Crippen LogP contribution in [0.1, 0.15) is 11.7 Å². The highest BCUT2D eigenvalue weighted by Crippen LogP contribution is 2.28. The Balaban J connectivity index is 3.24. The van der Waals surface area contributed by atoms with E-state index in [9.17, 15) is 13.9 Å². The second-order valence-electron chi connectivity index (χ2n) is 2.76. The van der Waals surface area contributed by atoms with Gasteiger partial charge in [-0.15, -0.1) is 0 Å². The zero-order valence-electron chi connectivity index (χ0n) is 7.63. The fraction of sp³-hybridized carbons (Fsp3) is 0.333. The number of ether oxygens (including phenoxy) is 1. The smallest absolute Gasteiger partial charge is 0.135 e. The molecule has 0 fully saturated rings. The molecule has 1 rings (SSSR count). The lowest BCUT2D eigenvalue weighted by Gasteiger charge is -2.13. The Bertz CT molecular complexity index is 331. The fourth-order valence-corrected chi connectivity index (χ4v) is 1.17. The van der Waals surface area contributed by atoms with Gasteiger partial charge in [0.2, 0.25) is 0 Å². The Labute approximate surface area is 80.1 Å². The zero-order chi connectivity index (χ0) is 10.7. The molecule has 0 radical (unpaired) electrons.